The molecule has 8 heavy (non-hydrogen) atoms. The van der Waals surface area contributed by atoms with Gasteiger partial charge in [0.1, 0.15) is 0 Å². The van der Waals surface area contributed by atoms with E-state index in [9.17, 15) is 8.42 Å². The summed E-state index contributed by atoms with van der Waals surface area (Å²) in [6, 6.07) is 0. The first-order valence-electron chi connectivity index (χ1n) is 1.37. The van der Waals surface area contributed by atoms with Gasteiger partial charge in [-0.1, -0.05) is 10.5 Å². The molecule has 0 atom stereocenters. The van der Waals surface area contributed by atoms with Crippen molar-refractivity contribution in [2.45, 2.75) is 0 Å². The van der Waals surface area contributed by atoms with Crippen LogP contribution in [0.1, 0.15) is 0 Å². The van der Waals surface area contributed by atoms with Crippen LogP contribution >= 0.6 is 0 Å². The second kappa shape index (κ2) is 4.62. The van der Waals surface area contributed by atoms with Gasteiger partial charge in [-0.3, -0.25) is 0 Å². The maximum atomic E-state index is 9.64. The van der Waals surface area contributed by atoms with Crippen molar-refractivity contribution in [2.24, 2.45) is 0 Å². The van der Waals surface area contributed by atoms with E-state index in [4.69, 9.17) is 10.1 Å². The molecule has 0 bridgehead atoms. The molecule has 0 aromatic rings. The normalized spacial score (nSPS) is 9.25. The van der Waals surface area contributed by atoms with E-state index in [0.29, 0.717) is 0 Å². The van der Waals surface area contributed by atoms with Crippen LogP contribution in [0.5, 0.6) is 0 Å². The van der Waals surface area contributed by atoms with E-state index in [2.05, 4.69) is 5.59 Å². The van der Waals surface area contributed by atoms with Gasteiger partial charge in [-0.2, -0.15) is 4.91 Å². The average molecular weight is 142 g/mol. The van der Waals surface area contributed by atoms with Crippen molar-refractivity contribution in [3.8, 4) is 0 Å². The Morgan fingerprint density at radius 3 is 1.62 bits per heavy atom. The molecular formula is CH6N2O4S. The van der Waals surface area contributed by atoms with Crippen LogP contribution in [0.4, 0.5) is 0 Å². The summed E-state index contributed by atoms with van der Waals surface area (Å²) in [6.45, 7) is 0. The van der Waals surface area contributed by atoms with Gasteiger partial charge in [0.2, 0.25) is 10.0 Å². The third-order valence-electron chi connectivity index (χ3n) is 0.166. The Morgan fingerprint density at radius 2 is 1.62 bits per heavy atom. The third kappa shape index (κ3) is 17.9. The number of hydrogen-bond acceptors (Lipinski definition) is 5. The fourth-order valence-corrected chi connectivity index (χ4v) is 0. The summed E-state index contributed by atoms with van der Waals surface area (Å²) in [5, 5.41) is 7.56. The first-order valence-corrected chi connectivity index (χ1v) is 3.26. The topological polar surface area (TPSA) is 107 Å². The van der Waals surface area contributed by atoms with Crippen LogP contribution in [0.2, 0.25) is 0 Å². The van der Waals surface area contributed by atoms with Crippen molar-refractivity contribution in [3.05, 3.63) is 4.91 Å². The van der Waals surface area contributed by atoms with Crippen LogP contribution in [-0.2, 0) is 10.0 Å². The van der Waals surface area contributed by atoms with Gasteiger partial charge < -0.3 is 5.21 Å². The van der Waals surface area contributed by atoms with Gasteiger partial charge >= 0.3 is 0 Å². The lowest BCUT2D eigenvalue weighted by atomic mass is 12.0. The molecule has 3 N–H and O–H groups in total. The second-order valence-electron chi connectivity index (χ2n) is 0.863. The lowest BCUT2D eigenvalue weighted by Crippen LogP contribution is -2.16. The molecule has 7 heteroatoms. The molecule has 0 rings (SSSR count). The monoisotopic (exact) mass is 142 g/mol. The maximum absolute atomic E-state index is 9.64. The Hall–Kier alpha value is -0.530. The molecule has 0 aliphatic rings. The molecule has 0 radical (unpaired) electrons. The van der Waals surface area contributed by atoms with E-state index < -0.39 is 10.0 Å². The van der Waals surface area contributed by atoms with Gasteiger partial charge in [0.25, 0.3) is 0 Å². The van der Waals surface area contributed by atoms with Crippen LogP contribution < -0.4 is 4.89 Å². The van der Waals surface area contributed by atoms with Gasteiger partial charge in [0, 0.05) is 0 Å². The minimum atomic E-state index is -3.36. The van der Waals surface area contributed by atoms with E-state index in [1.54, 1.807) is 0 Å². The predicted molar refractivity (Wildman–Crippen MR) is 25.9 cm³/mol. The highest BCUT2D eigenvalue weighted by Crippen LogP contribution is 1.62. The molecule has 50 valence electrons. The van der Waals surface area contributed by atoms with Crippen molar-refractivity contribution in [1.82, 2.24) is 4.89 Å². The van der Waals surface area contributed by atoms with Crippen LogP contribution in [0, 0.1) is 10.5 Å². The molecule has 0 amide bonds. The molecule has 0 spiro atoms. The summed E-state index contributed by atoms with van der Waals surface area (Å²) in [7, 11) is -3.36. The van der Waals surface area contributed by atoms with Crippen molar-refractivity contribution < 1.29 is 13.6 Å². The summed E-state index contributed by atoms with van der Waals surface area (Å²) in [6.07, 6.45) is 0.854. The molecule has 0 heterocycles. The van der Waals surface area contributed by atoms with Gasteiger partial charge in [0.05, 0.1) is 6.26 Å². The van der Waals surface area contributed by atoms with E-state index in [0.717, 1.165) is 11.1 Å². The SMILES string of the molecule is CS(=O)(=O)NO.N=O. The molecule has 0 saturated carbocycles. The minimum absolute atomic E-state index is 0.854. The highest BCUT2D eigenvalue weighted by atomic mass is 32.2. The lowest BCUT2D eigenvalue weighted by Gasteiger charge is -1.83. The Morgan fingerprint density at radius 1 is 1.50 bits per heavy atom. The summed E-state index contributed by atoms with van der Waals surface area (Å²) in [5.41, 5.74) is 4.50. The molecule has 0 aromatic carbocycles. The first kappa shape index (κ1) is 10.5. The largest absolute Gasteiger partial charge is 0.302 e. The molecule has 0 fully saturated rings. The number of rotatable bonds is 1. The van der Waals surface area contributed by atoms with E-state index >= 15 is 0 Å². The van der Waals surface area contributed by atoms with Gasteiger partial charge in [-0.05, 0) is 0 Å². The molecule has 0 aromatic heterocycles. The van der Waals surface area contributed by atoms with Crippen molar-refractivity contribution in [2.75, 3.05) is 6.26 Å². The molecule has 0 aliphatic heterocycles. The second-order valence-corrected chi connectivity index (χ2v) is 2.59. The highest BCUT2D eigenvalue weighted by Gasteiger charge is 1.90. The van der Waals surface area contributed by atoms with Crippen molar-refractivity contribution in [3.63, 3.8) is 0 Å². The number of hydrogen-bond donors (Lipinski definition) is 3. The fraction of sp³-hybridized carbons (Fsp3) is 1.00. The molecule has 6 nitrogen and oxygen atoms in total. The zero-order valence-corrected chi connectivity index (χ0v) is 4.90. The quantitative estimate of drug-likeness (QED) is 0.331. The summed E-state index contributed by atoms with van der Waals surface area (Å²) < 4.78 is 19.3. The Bertz CT molecular complexity index is 127. The van der Waals surface area contributed by atoms with Crippen LogP contribution in [-0.4, -0.2) is 19.9 Å². The molecule has 0 aliphatic carbocycles. The van der Waals surface area contributed by atoms with Crippen LogP contribution in [0.3, 0.4) is 0 Å². The van der Waals surface area contributed by atoms with Crippen molar-refractivity contribution in [1.29, 1.82) is 5.59 Å². The zero-order valence-electron chi connectivity index (χ0n) is 4.08. The molecule has 0 saturated heterocycles. The predicted octanol–water partition coefficient (Wildman–Crippen LogP) is -0.744. The summed E-state index contributed by atoms with van der Waals surface area (Å²) in [4.78, 5) is 8.58. The lowest BCUT2D eigenvalue weighted by molar-refractivity contribution is 0.244. The summed E-state index contributed by atoms with van der Waals surface area (Å²) in [5.74, 6) is 0. The van der Waals surface area contributed by atoms with Crippen molar-refractivity contribution >= 4 is 10.0 Å². The average Bonchev–Trinajstić information content (AvgIpc) is 1.71. The van der Waals surface area contributed by atoms with Gasteiger partial charge in [-0.25, -0.2) is 8.42 Å². The molecular weight excluding hydrogens is 136 g/mol. The van der Waals surface area contributed by atoms with Crippen LogP contribution in [0.15, 0.2) is 0 Å². The maximum Gasteiger partial charge on any atom is 0.230 e. The van der Waals surface area contributed by atoms with Gasteiger partial charge in [-0.15, -0.1) is 0 Å². The standard InChI is InChI=1S/CH5NO3S.HNO/c1-6(4,5)2-3;1-2/h2-3H,1H3;1H. The Labute approximate surface area is 46.3 Å². The van der Waals surface area contributed by atoms with E-state index in [1.165, 1.54) is 0 Å². The Kier molecular flexibility index (Phi) is 6.04. The third-order valence-corrected chi connectivity index (χ3v) is 0.497. The zero-order chi connectivity index (χ0) is 7.21. The van der Waals surface area contributed by atoms with E-state index in [-0.39, 0.29) is 0 Å². The Balaban J connectivity index is 0. The fourth-order valence-electron chi connectivity index (χ4n) is 0. The number of nitrogens with one attached hydrogen (secondary N) is 2. The molecule has 0 unspecified atom stereocenters. The smallest absolute Gasteiger partial charge is 0.230 e. The van der Waals surface area contributed by atoms with Gasteiger partial charge in [0.15, 0.2) is 0 Å². The number of nitroso groups, excluding NO2 is 1. The minimum Gasteiger partial charge on any atom is -0.302 e. The van der Waals surface area contributed by atoms with E-state index in [1.807, 2.05) is 0 Å². The summed E-state index contributed by atoms with van der Waals surface area (Å²) >= 11 is 0. The highest BCUT2D eigenvalue weighted by molar-refractivity contribution is 7.88. The number of sulfonamides is 1. The first-order chi connectivity index (χ1) is 3.56. The van der Waals surface area contributed by atoms with Crippen LogP contribution in [0.25, 0.3) is 0 Å².